The second kappa shape index (κ2) is 5.42. The maximum atomic E-state index is 12.0. The highest BCUT2D eigenvalue weighted by atomic mass is 35.5. The van der Waals surface area contributed by atoms with Crippen LogP contribution in [-0.2, 0) is 0 Å². The van der Waals surface area contributed by atoms with E-state index in [-0.39, 0.29) is 17.0 Å². The Hall–Kier alpha value is -1.85. The lowest BCUT2D eigenvalue weighted by Crippen LogP contribution is -2.14. The number of hydrogen-bond acceptors (Lipinski definition) is 4. The predicted molar refractivity (Wildman–Crippen MR) is 75.6 cm³/mol. The van der Waals surface area contributed by atoms with E-state index in [1.54, 1.807) is 25.1 Å². The van der Waals surface area contributed by atoms with Crippen molar-refractivity contribution in [1.82, 2.24) is 9.97 Å². The molecule has 0 saturated heterocycles. The first-order valence-corrected chi connectivity index (χ1v) is 6.09. The zero-order valence-electron chi connectivity index (χ0n) is 9.95. The molecule has 0 atom stereocenters. The number of halogens is 2. The van der Waals surface area contributed by atoms with Crippen LogP contribution in [0.5, 0.6) is 0 Å². The molecule has 3 N–H and O–H groups in total. The molecule has 0 aliphatic heterocycles. The normalized spacial score (nSPS) is 10.3. The standard InChI is InChI=1S/C12H10Cl2N4O/c1-6-4-10(14)17-12(16-6)18-11(19)7-2-3-8(13)9(15)5-7/h2-5H,15H2,1H3,(H,16,17,18,19). The summed E-state index contributed by atoms with van der Waals surface area (Å²) in [6.45, 7) is 1.75. The van der Waals surface area contributed by atoms with Crippen molar-refractivity contribution in [2.45, 2.75) is 6.92 Å². The lowest BCUT2D eigenvalue weighted by molar-refractivity contribution is 0.102. The topological polar surface area (TPSA) is 80.9 Å². The van der Waals surface area contributed by atoms with Gasteiger partial charge in [-0.25, -0.2) is 9.97 Å². The molecule has 1 aromatic carbocycles. The molecule has 0 radical (unpaired) electrons. The van der Waals surface area contributed by atoms with E-state index in [2.05, 4.69) is 15.3 Å². The molecule has 0 aliphatic rings. The van der Waals surface area contributed by atoms with Gasteiger partial charge in [-0.2, -0.15) is 0 Å². The van der Waals surface area contributed by atoms with Gasteiger partial charge < -0.3 is 5.73 Å². The first-order chi connectivity index (χ1) is 8.95. The second-order valence-corrected chi connectivity index (χ2v) is 4.64. The van der Waals surface area contributed by atoms with Crippen LogP contribution < -0.4 is 11.1 Å². The number of anilines is 2. The monoisotopic (exact) mass is 296 g/mol. The minimum atomic E-state index is -0.384. The molecule has 98 valence electrons. The van der Waals surface area contributed by atoms with Crippen molar-refractivity contribution in [1.29, 1.82) is 0 Å². The maximum Gasteiger partial charge on any atom is 0.258 e. The minimum Gasteiger partial charge on any atom is -0.398 e. The summed E-state index contributed by atoms with van der Waals surface area (Å²) < 4.78 is 0. The number of aromatic nitrogens is 2. The third-order valence-electron chi connectivity index (χ3n) is 2.31. The summed E-state index contributed by atoms with van der Waals surface area (Å²) in [7, 11) is 0. The number of nitrogen functional groups attached to an aromatic ring is 1. The molecule has 0 spiro atoms. The van der Waals surface area contributed by atoms with Gasteiger partial charge in [-0.05, 0) is 31.2 Å². The highest BCUT2D eigenvalue weighted by molar-refractivity contribution is 6.33. The van der Waals surface area contributed by atoms with Crippen LogP contribution in [-0.4, -0.2) is 15.9 Å². The van der Waals surface area contributed by atoms with Gasteiger partial charge in [-0.3, -0.25) is 10.1 Å². The zero-order chi connectivity index (χ0) is 14.0. The van der Waals surface area contributed by atoms with Gasteiger partial charge in [0.05, 0.1) is 10.7 Å². The van der Waals surface area contributed by atoms with Gasteiger partial charge in [0.25, 0.3) is 5.91 Å². The van der Waals surface area contributed by atoms with Crippen LogP contribution in [0.25, 0.3) is 0 Å². The molecule has 1 amide bonds. The smallest absolute Gasteiger partial charge is 0.258 e. The molecule has 7 heteroatoms. The molecule has 1 aromatic heterocycles. The number of benzene rings is 1. The molecule has 2 rings (SSSR count). The quantitative estimate of drug-likeness (QED) is 0.659. The number of rotatable bonds is 2. The lowest BCUT2D eigenvalue weighted by atomic mass is 10.2. The summed E-state index contributed by atoms with van der Waals surface area (Å²) in [6, 6.07) is 6.19. The zero-order valence-corrected chi connectivity index (χ0v) is 11.5. The molecule has 5 nitrogen and oxygen atoms in total. The third kappa shape index (κ3) is 3.33. The average Bonchev–Trinajstić information content (AvgIpc) is 2.31. The summed E-state index contributed by atoms with van der Waals surface area (Å²) >= 11 is 11.6. The molecule has 0 bridgehead atoms. The summed E-state index contributed by atoms with van der Waals surface area (Å²) in [6.07, 6.45) is 0. The van der Waals surface area contributed by atoms with Gasteiger partial charge in [0.2, 0.25) is 5.95 Å². The Morgan fingerprint density at radius 2 is 2.00 bits per heavy atom. The largest absolute Gasteiger partial charge is 0.398 e. The van der Waals surface area contributed by atoms with Crippen molar-refractivity contribution in [2.24, 2.45) is 0 Å². The fourth-order valence-electron chi connectivity index (χ4n) is 1.44. The van der Waals surface area contributed by atoms with Gasteiger partial charge in [0, 0.05) is 11.3 Å². The molecule has 19 heavy (non-hydrogen) atoms. The van der Waals surface area contributed by atoms with Crippen LogP contribution in [0.4, 0.5) is 11.6 Å². The number of amides is 1. The SMILES string of the molecule is Cc1cc(Cl)nc(NC(=O)c2ccc(Cl)c(N)c2)n1. The van der Waals surface area contributed by atoms with Crippen molar-refractivity contribution in [3.63, 3.8) is 0 Å². The first-order valence-electron chi connectivity index (χ1n) is 5.33. The van der Waals surface area contributed by atoms with E-state index in [9.17, 15) is 4.79 Å². The van der Waals surface area contributed by atoms with Crippen LogP contribution in [0.15, 0.2) is 24.3 Å². The van der Waals surface area contributed by atoms with Gasteiger partial charge in [-0.15, -0.1) is 0 Å². The maximum absolute atomic E-state index is 12.0. The molecular weight excluding hydrogens is 287 g/mol. The van der Waals surface area contributed by atoms with Crippen LogP contribution in [0, 0.1) is 6.92 Å². The van der Waals surface area contributed by atoms with Gasteiger partial charge in [-0.1, -0.05) is 23.2 Å². The highest BCUT2D eigenvalue weighted by Crippen LogP contribution is 2.20. The Labute approximate surface area is 119 Å². The van der Waals surface area contributed by atoms with Gasteiger partial charge in [0.1, 0.15) is 5.15 Å². The molecule has 2 aromatic rings. The van der Waals surface area contributed by atoms with Crippen LogP contribution in [0.2, 0.25) is 10.2 Å². The Bertz CT molecular complexity index is 625. The summed E-state index contributed by atoms with van der Waals surface area (Å²) in [4.78, 5) is 19.9. The fraction of sp³-hybridized carbons (Fsp3) is 0.0833. The fourth-order valence-corrected chi connectivity index (χ4v) is 1.80. The Morgan fingerprint density at radius 3 is 2.63 bits per heavy atom. The number of nitrogens with zero attached hydrogens (tertiary/aromatic N) is 2. The van der Waals surface area contributed by atoms with Crippen LogP contribution in [0.1, 0.15) is 16.1 Å². The molecule has 0 fully saturated rings. The number of nitrogens with one attached hydrogen (secondary N) is 1. The van der Waals surface area contributed by atoms with Crippen LogP contribution in [0.3, 0.4) is 0 Å². The molecule has 0 unspecified atom stereocenters. The Morgan fingerprint density at radius 1 is 1.26 bits per heavy atom. The first kappa shape index (κ1) is 13.6. The third-order valence-corrected chi connectivity index (χ3v) is 2.84. The van der Waals surface area contributed by atoms with E-state index in [0.29, 0.717) is 22.0 Å². The molecular formula is C12H10Cl2N4O. The number of aryl methyl sites for hydroxylation is 1. The molecule has 1 heterocycles. The van der Waals surface area contributed by atoms with Crippen LogP contribution >= 0.6 is 23.2 Å². The summed E-state index contributed by atoms with van der Waals surface area (Å²) in [5.74, 6) is -0.242. The minimum absolute atomic E-state index is 0.142. The van der Waals surface area contributed by atoms with E-state index in [4.69, 9.17) is 28.9 Å². The molecule has 0 aliphatic carbocycles. The van der Waals surface area contributed by atoms with Crippen molar-refractivity contribution < 1.29 is 4.79 Å². The van der Waals surface area contributed by atoms with E-state index >= 15 is 0 Å². The van der Waals surface area contributed by atoms with Crippen molar-refractivity contribution >= 4 is 40.7 Å². The average molecular weight is 297 g/mol. The Balaban J connectivity index is 2.22. The van der Waals surface area contributed by atoms with Gasteiger partial charge in [0.15, 0.2) is 0 Å². The number of carbonyl (C=O) groups excluding carboxylic acids is 1. The Kier molecular flexibility index (Phi) is 3.87. The second-order valence-electron chi connectivity index (χ2n) is 3.85. The number of hydrogen-bond donors (Lipinski definition) is 2. The van der Waals surface area contributed by atoms with E-state index in [0.717, 1.165) is 0 Å². The van der Waals surface area contributed by atoms with E-state index < -0.39 is 0 Å². The number of nitrogens with two attached hydrogens (primary N) is 1. The van der Waals surface area contributed by atoms with Gasteiger partial charge >= 0.3 is 0 Å². The lowest BCUT2D eigenvalue weighted by Gasteiger charge is -2.06. The van der Waals surface area contributed by atoms with Crippen molar-refractivity contribution in [3.8, 4) is 0 Å². The van der Waals surface area contributed by atoms with E-state index in [1.807, 2.05) is 0 Å². The van der Waals surface area contributed by atoms with Crippen molar-refractivity contribution in [2.75, 3.05) is 11.1 Å². The van der Waals surface area contributed by atoms with Crippen molar-refractivity contribution in [3.05, 3.63) is 45.7 Å². The highest BCUT2D eigenvalue weighted by Gasteiger charge is 2.10. The summed E-state index contributed by atoms with van der Waals surface area (Å²) in [5, 5.41) is 3.20. The summed E-state index contributed by atoms with van der Waals surface area (Å²) in [5.41, 5.74) is 6.99. The van der Waals surface area contributed by atoms with E-state index in [1.165, 1.54) is 6.07 Å². The number of carbonyl (C=O) groups is 1. The predicted octanol–water partition coefficient (Wildman–Crippen LogP) is 2.93. The molecule has 0 saturated carbocycles.